The third-order valence-corrected chi connectivity index (χ3v) is 4.60. The lowest BCUT2D eigenvalue weighted by Gasteiger charge is -2.32. The molecule has 1 fully saturated rings. The molecule has 0 bridgehead atoms. The summed E-state index contributed by atoms with van der Waals surface area (Å²) in [6.07, 6.45) is 5.85. The Hall–Kier alpha value is -1.62. The number of ether oxygens (including phenoxy) is 1. The van der Waals surface area contributed by atoms with E-state index >= 15 is 0 Å². The first-order valence-corrected chi connectivity index (χ1v) is 8.39. The Bertz CT molecular complexity index is 525. The molecule has 1 aromatic rings. The van der Waals surface area contributed by atoms with Gasteiger partial charge in [-0.15, -0.1) is 0 Å². The zero-order valence-corrected chi connectivity index (χ0v) is 13.3. The Balaban J connectivity index is 1.60. The van der Waals surface area contributed by atoms with Crippen molar-refractivity contribution in [2.45, 2.75) is 32.6 Å². The molecule has 3 rings (SSSR count). The first-order chi connectivity index (χ1) is 10.8. The minimum absolute atomic E-state index is 0.0651. The molecule has 0 spiro atoms. The summed E-state index contributed by atoms with van der Waals surface area (Å²) in [6.45, 7) is 6.63. The number of carbonyl (C=O) groups excluding carboxylic acids is 1. The fourth-order valence-corrected chi connectivity index (χ4v) is 3.22. The Kier molecular flexibility index (Phi) is 4.93. The standard InChI is InChI=1S/C17H25N3O2/c1-2-18-11-13-5-7-20(8-6-13)17(21)15-10-14-4-3-9-22-16(14)12-19-15/h10,12-13,18H,2-9,11H2,1H3. The molecule has 2 aliphatic heterocycles. The number of hydrogen-bond acceptors (Lipinski definition) is 4. The van der Waals surface area contributed by atoms with Gasteiger partial charge in [0, 0.05) is 13.1 Å². The van der Waals surface area contributed by atoms with Crippen molar-refractivity contribution >= 4 is 5.91 Å². The van der Waals surface area contributed by atoms with Crippen molar-refractivity contribution < 1.29 is 9.53 Å². The maximum atomic E-state index is 12.6. The molecule has 5 nitrogen and oxygen atoms in total. The van der Waals surface area contributed by atoms with Crippen molar-refractivity contribution in [1.29, 1.82) is 0 Å². The number of carbonyl (C=O) groups is 1. The summed E-state index contributed by atoms with van der Waals surface area (Å²) < 4.78 is 5.56. The van der Waals surface area contributed by atoms with Gasteiger partial charge in [-0.3, -0.25) is 4.79 Å². The highest BCUT2D eigenvalue weighted by atomic mass is 16.5. The summed E-state index contributed by atoms with van der Waals surface area (Å²) in [5.74, 6) is 1.59. The monoisotopic (exact) mass is 303 g/mol. The van der Waals surface area contributed by atoms with Crippen molar-refractivity contribution in [3.8, 4) is 5.75 Å². The number of likely N-dealkylation sites (tertiary alicyclic amines) is 1. The maximum absolute atomic E-state index is 12.6. The highest BCUT2D eigenvalue weighted by Crippen LogP contribution is 2.25. The van der Waals surface area contributed by atoms with E-state index in [4.69, 9.17) is 4.74 Å². The molecule has 5 heteroatoms. The normalized spacial score (nSPS) is 18.7. The van der Waals surface area contributed by atoms with E-state index in [1.165, 1.54) is 0 Å². The van der Waals surface area contributed by atoms with E-state index in [-0.39, 0.29) is 5.91 Å². The SMILES string of the molecule is CCNCC1CCN(C(=O)c2cc3c(cn2)OCCC3)CC1. The average Bonchev–Trinajstić information content (AvgIpc) is 2.59. The quantitative estimate of drug-likeness (QED) is 0.922. The number of fused-ring (bicyclic) bond motifs is 1. The van der Waals surface area contributed by atoms with Gasteiger partial charge in [0.25, 0.3) is 5.91 Å². The number of pyridine rings is 1. The lowest BCUT2D eigenvalue weighted by molar-refractivity contribution is 0.0684. The molecule has 1 amide bonds. The van der Waals surface area contributed by atoms with E-state index in [0.29, 0.717) is 11.6 Å². The molecule has 1 N–H and O–H groups in total. The van der Waals surface area contributed by atoms with Gasteiger partial charge in [0.05, 0.1) is 12.8 Å². The van der Waals surface area contributed by atoms with Crippen LogP contribution in [0.3, 0.4) is 0 Å². The second-order valence-electron chi connectivity index (χ2n) is 6.17. The zero-order valence-electron chi connectivity index (χ0n) is 13.3. The van der Waals surface area contributed by atoms with Gasteiger partial charge in [0.2, 0.25) is 0 Å². The third kappa shape index (κ3) is 3.40. The maximum Gasteiger partial charge on any atom is 0.272 e. The predicted octanol–water partition coefficient (Wildman–Crippen LogP) is 1.87. The van der Waals surface area contributed by atoms with Crippen LogP contribution in [-0.2, 0) is 6.42 Å². The van der Waals surface area contributed by atoms with Crippen LogP contribution in [0.25, 0.3) is 0 Å². The van der Waals surface area contributed by atoms with Gasteiger partial charge in [-0.25, -0.2) is 4.98 Å². The fraction of sp³-hybridized carbons (Fsp3) is 0.647. The van der Waals surface area contributed by atoms with Gasteiger partial charge < -0.3 is 15.0 Å². The second kappa shape index (κ2) is 7.09. The zero-order chi connectivity index (χ0) is 15.4. The summed E-state index contributed by atoms with van der Waals surface area (Å²) in [5.41, 5.74) is 1.68. The van der Waals surface area contributed by atoms with E-state index in [1.54, 1.807) is 6.20 Å². The minimum Gasteiger partial charge on any atom is -0.492 e. The Morgan fingerprint density at radius 2 is 2.27 bits per heavy atom. The lowest BCUT2D eigenvalue weighted by atomic mass is 9.96. The van der Waals surface area contributed by atoms with Gasteiger partial charge in [-0.2, -0.15) is 0 Å². The number of amides is 1. The molecule has 1 aromatic heterocycles. The lowest BCUT2D eigenvalue weighted by Crippen LogP contribution is -2.41. The number of hydrogen-bond donors (Lipinski definition) is 1. The molecular formula is C17H25N3O2. The molecule has 22 heavy (non-hydrogen) atoms. The minimum atomic E-state index is 0.0651. The number of aromatic nitrogens is 1. The van der Waals surface area contributed by atoms with Gasteiger partial charge in [0.1, 0.15) is 11.4 Å². The Morgan fingerprint density at radius 1 is 1.45 bits per heavy atom. The highest BCUT2D eigenvalue weighted by Gasteiger charge is 2.25. The van der Waals surface area contributed by atoms with Gasteiger partial charge >= 0.3 is 0 Å². The smallest absolute Gasteiger partial charge is 0.272 e. The molecule has 0 radical (unpaired) electrons. The summed E-state index contributed by atoms with van der Waals surface area (Å²) >= 11 is 0. The molecule has 0 atom stereocenters. The van der Waals surface area contributed by atoms with E-state index < -0.39 is 0 Å². The molecule has 0 saturated carbocycles. The molecule has 0 aromatic carbocycles. The van der Waals surface area contributed by atoms with Crippen LogP contribution in [0.15, 0.2) is 12.3 Å². The molecule has 0 aliphatic carbocycles. The number of aryl methyl sites for hydroxylation is 1. The average molecular weight is 303 g/mol. The van der Waals surface area contributed by atoms with E-state index in [2.05, 4.69) is 17.2 Å². The van der Waals surface area contributed by atoms with E-state index in [9.17, 15) is 4.79 Å². The second-order valence-corrected chi connectivity index (χ2v) is 6.17. The Labute approximate surface area is 132 Å². The van der Waals surface area contributed by atoms with Crippen LogP contribution in [-0.4, -0.2) is 48.6 Å². The van der Waals surface area contributed by atoms with Gasteiger partial charge in [-0.05, 0) is 56.3 Å². The Morgan fingerprint density at radius 3 is 3.05 bits per heavy atom. The number of rotatable bonds is 4. The summed E-state index contributed by atoms with van der Waals surface area (Å²) in [5, 5.41) is 3.40. The first-order valence-electron chi connectivity index (χ1n) is 8.39. The van der Waals surface area contributed by atoms with Crippen LogP contribution < -0.4 is 10.1 Å². The molecule has 2 aliphatic rings. The van der Waals surface area contributed by atoms with Crippen LogP contribution in [0.4, 0.5) is 0 Å². The molecule has 1 saturated heterocycles. The topological polar surface area (TPSA) is 54.5 Å². The molecule has 3 heterocycles. The van der Waals surface area contributed by atoms with E-state index in [0.717, 1.165) is 69.8 Å². The fourth-order valence-electron chi connectivity index (χ4n) is 3.22. The number of piperidine rings is 1. The van der Waals surface area contributed by atoms with Crippen molar-refractivity contribution in [2.75, 3.05) is 32.8 Å². The number of nitrogens with zero attached hydrogens (tertiary/aromatic N) is 2. The third-order valence-electron chi connectivity index (χ3n) is 4.60. The first kappa shape index (κ1) is 15.3. The molecular weight excluding hydrogens is 278 g/mol. The van der Waals surface area contributed by atoms with Crippen molar-refractivity contribution in [2.24, 2.45) is 5.92 Å². The van der Waals surface area contributed by atoms with Crippen molar-refractivity contribution in [3.05, 3.63) is 23.5 Å². The predicted molar refractivity (Wildman–Crippen MR) is 85.2 cm³/mol. The van der Waals surface area contributed by atoms with Crippen LogP contribution >= 0.6 is 0 Å². The van der Waals surface area contributed by atoms with Gasteiger partial charge in [0.15, 0.2) is 0 Å². The van der Waals surface area contributed by atoms with Crippen LogP contribution in [0, 0.1) is 5.92 Å². The molecule has 120 valence electrons. The van der Waals surface area contributed by atoms with Gasteiger partial charge in [-0.1, -0.05) is 6.92 Å². The number of nitrogens with one attached hydrogen (secondary N) is 1. The van der Waals surface area contributed by atoms with Crippen LogP contribution in [0.1, 0.15) is 42.2 Å². The molecule has 0 unspecified atom stereocenters. The summed E-state index contributed by atoms with van der Waals surface area (Å²) in [6, 6.07) is 1.92. The summed E-state index contributed by atoms with van der Waals surface area (Å²) in [4.78, 5) is 18.9. The van der Waals surface area contributed by atoms with Crippen molar-refractivity contribution in [1.82, 2.24) is 15.2 Å². The van der Waals surface area contributed by atoms with E-state index in [1.807, 2.05) is 11.0 Å². The highest BCUT2D eigenvalue weighted by molar-refractivity contribution is 5.92. The van der Waals surface area contributed by atoms with Crippen molar-refractivity contribution in [3.63, 3.8) is 0 Å². The summed E-state index contributed by atoms with van der Waals surface area (Å²) in [7, 11) is 0. The largest absolute Gasteiger partial charge is 0.492 e. The van der Waals surface area contributed by atoms with Crippen LogP contribution in [0.2, 0.25) is 0 Å². The van der Waals surface area contributed by atoms with Crippen LogP contribution in [0.5, 0.6) is 5.75 Å².